The first-order valence-electron chi connectivity index (χ1n) is 6.89. The number of aromatic nitrogens is 1. The van der Waals surface area contributed by atoms with Crippen molar-refractivity contribution >= 4 is 11.9 Å². The van der Waals surface area contributed by atoms with E-state index in [1.165, 1.54) is 25.5 Å². The van der Waals surface area contributed by atoms with Crippen LogP contribution in [-0.2, 0) is 22.3 Å². The summed E-state index contributed by atoms with van der Waals surface area (Å²) in [5.74, 6) is -0.150. The van der Waals surface area contributed by atoms with Gasteiger partial charge in [0.1, 0.15) is 12.3 Å². The molecule has 0 bridgehead atoms. The highest BCUT2D eigenvalue weighted by atomic mass is 19.4. The van der Waals surface area contributed by atoms with Crippen molar-refractivity contribution in [1.29, 1.82) is 0 Å². The average molecular weight is 337 g/mol. The van der Waals surface area contributed by atoms with E-state index in [4.69, 9.17) is 9.47 Å². The van der Waals surface area contributed by atoms with Crippen molar-refractivity contribution in [3.8, 4) is 5.88 Å². The summed E-state index contributed by atoms with van der Waals surface area (Å²) in [5, 5.41) is 0. The molecule has 24 heavy (non-hydrogen) atoms. The van der Waals surface area contributed by atoms with E-state index in [-0.39, 0.29) is 12.5 Å². The molecule has 0 fully saturated rings. The van der Waals surface area contributed by atoms with Crippen molar-refractivity contribution in [1.82, 2.24) is 4.98 Å². The number of nitrogens with zero attached hydrogens (tertiary/aromatic N) is 1. The second-order valence-corrected chi connectivity index (χ2v) is 4.73. The number of aldehydes is 1. The Morgan fingerprint density at radius 2 is 1.92 bits per heavy atom. The Balaban J connectivity index is 2.22. The van der Waals surface area contributed by atoms with Gasteiger partial charge in [0.25, 0.3) is 0 Å². The standard InChI is InChI=1S/C17H14F3NO3/c1-23-10-13(9-22)14-6-3-2-5-12(14)11-24-16-8-4-7-15(21-16)17(18,19)20/h2-10H,11H2,1H3. The maximum Gasteiger partial charge on any atom is 0.433 e. The number of methoxy groups -OCH3 is 1. The number of hydrogen-bond donors (Lipinski definition) is 0. The van der Waals surface area contributed by atoms with E-state index in [0.717, 1.165) is 6.07 Å². The van der Waals surface area contributed by atoms with Crippen LogP contribution in [0.15, 0.2) is 48.7 Å². The van der Waals surface area contributed by atoms with E-state index < -0.39 is 11.9 Å². The Kier molecular flexibility index (Phi) is 5.57. The van der Waals surface area contributed by atoms with Gasteiger partial charge < -0.3 is 9.47 Å². The molecular weight excluding hydrogens is 323 g/mol. The van der Waals surface area contributed by atoms with Gasteiger partial charge in [0.2, 0.25) is 5.88 Å². The monoisotopic (exact) mass is 337 g/mol. The van der Waals surface area contributed by atoms with Gasteiger partial charge in [0, 0.05) is 6.07 Å². The molecule has 1 heterocycles. The zero-order valence-electron chi connectivity index (χ0n) is 12.7. The van der Waals surface area contributed by atoms with Crippen molar-refractivity contribution in [3.63, 3.8) is 0 Å². The van der Waals surface area contributed by atoms with Crippen LogP contribution >= 0.6 is 0 Å². The van der Waals surface area contributed by atoms with Gasteiger partial charge in [-0.05, 0) is 17.2 Å². The molecule has 0 aliphatic rings. The molecule has 0 saturated heterocycles. The van der Waals surface area contributed by atoms with Crippen molar-refractivity contribution in [2.75, 3.05) is 7.11 Å². The van der Waals surface area contributed by atoms with Crippen LogP contribution in [0.5, 0.6) is 5.88 Å². The molecule has 0 aliphatic heterocycles. The van der Waals surface area contributed by atoms with E-state index in [0.29, 0.717) is 23.0 Å². The van der Waals surface area contributed by atoms with E-state index in [9.17, 15) is 18.0 Å². The van der Waals surface area contributed by atoms with Gasteiger partial charge in [0.15, 0.2) is 6.29 Å². The van der Waals surface area contributed by atoms with Crippen LogP contribution in [0.2, 0.25) is 0 Å². The van der Waals surface area contributed by atoms with Crippen molar-refractivity contribution in [2.45, 2.75) is 12.8 Å². The van der Waals surface area contributed by atoms with Crippen LogP contribution in [0.25, 0.3) is 5.57 Å². The second kappa shape index (κ2) is 7.63. The van der Waals surface area contributed by atoms with E-state index in [1.54, 1.807) is 24.3 Å². The number of ether oxygens (including phenoxy) is 2. The lowest BCUT2D eigenvalue weighted by atomic mass is 10.0. The summed E-state index contributed by atoms with van der Waals surface area (Å²) >= 11 is 0. The topological polar surface area (TPSA) is 48.4 Å². The molecule has 0 aliphatic carbocycles. The first-order chi connectivity index (χ1) is 11.5. The molecule has 2 aromatic rings. The van der Waals surface area contributed by atoms with Gasteiger partial charge in [-0.3, -0.25) is 4.79 Å². The fraction of sp³-hybridized carbons (Fsp3) is 0.176. The lowest BCUT2D eigenvalue weighted by molar-refractivity contribution is -0.141. The molecule has 2 rings (SSSR count). The SMILES string of the molecule is COC=C(C=O)c1ccccc1COc1cccc(C(F)(F)F)n1. The molecule has 1 aromatic heterocycles. The summed E-state index contributed by atoms with van der Waals surface area (Å²) in [5.41, 5.74) is 0.461. The highest BCUT2D eigenvalue weighted by molar-refractivity contribution is 6.07. The summed E-state index contributed by atoms with van der Waals surface area (Å²) in [6.45, 7) is -0.0423. The second-order valence-electron chi connectivity index (χ2n) is 4.73. The number of halogens is 3. The Bertz CT molecular complexity index is 742. The summed E-state index contributed by atoms with van der Waals surface area (Å²) in [6, 6.07) is 10.3. The molecule has 0 radical (unpaired) electrons. The molecule has 0 saturated carbocycles. The number of carbonyl (C=O) groups excluding carboxylic acids is 1. The number of benzene rings is 1. The van der Waals surface area contributed by atoms with Crippen molar-refractivity contribution in [2.24, 2.45) is 0 Å². The minimum absolute atomic E-state index is 0.0423. The van der Waals surface area contributed by atoms with E-state index >= 15 is 0 Å². The number of hydrogen-bond acceptors (Lipinski definition) is 4. The predicted molar refractivity (Wildman–Crippen MR) is 81.1 cm³/mol. The fourth-order valence-corrected chi connectivity index (χ4v) is 2.01. The zero-order valence-corrected chi connectivity index (χ0v) is 12.7. The maximum atomic E-state index is 12.7. The lowest BCUT2D eigenvalue weighted by Gasteiger charge is -2.12. The number of rotatable bonds is 6. The largest absolute Gasteiger partial charge is 0.504 e. The minimum Gasteiger partial charge on any atom is -0.504 e. The molecule has 0 unspecified atom stereocenters. The first kappa shape index (κ1) is 17.5. The Labute approximate surface area is 136 Å². The van der Waals surface area contributed by atoms with Crippen molar-refractivity contribution < 1.29 is 27.4 Å². The first-order valence-corrected chi connectivity index (χ1v) is 6.89. The van der Waals surface area contributed by atoms with Crippen molar-refractivity contribution in [3.05, 3.63) is 65.5 Å². The minimum atomic E-state index is -4.54. The van der Waals surface area contributed by atoms with Gasteiger partial charge in [-0.15, -0.1) is 0 Å². The van der Waals surface area contributed by atoms with Gasteiger partial charge in [-0.2, -0.15) is 13.2 Å². The summed E-state index contributed by atoms with van der Waals surface area (Å²) in [4.78, 5) is 14.6. The van der Waals surface area contributed by atoms with Gasteiger partial charge in [-0.25, -0.2) is 4.98 Å². The molecular formula is C17H14F3NO3. The maximum absolute atomic E-state index is 12.7. The Morgan fingerprint density at radius 1 is 1.17 bits per heavy atom. The third kappa shape index (κ3) is 4.34. The molecule has 1 aromatic carbocycles. The van der Waals surface area contributed by atoms with Crippen LogP contribution in [0.3, 0.4) is 0 Å². The number of pyridine rings is 1. The third-order valence-electron chi connectivity index (χ3n) is 3.09. The zero-order chi connectivity index (χ0) is 17.6. The van der Waals surface area contributed by atoms with Gasteiger partial charge in [0.05, 0.1) is 18.9 Å². The summed E-state index contributed by atoms with van der Waals surface area (Å²) in [7, 11) is 1.41. The Morgan fingerprint density at radius 3 is 2.58 bits per heavy atom. The molecule has 4 nitrogen and oxygen atoms in total. The molecule has 0 atom stereocenters. The van der Waals surface area contributed by atoms with Crippen LogP contribution in [-0.4, -0.2) is 18.4 Å². The number of alkyl halides is 3. The average Bonchev–Trinajstić information content (AvgIpc) is 2.58. The van der Waals surface area contributed by atoms with Crippen LogP contribution in [0.4, 0.5) is 13.2 Å². The smallest absolute Gasteiger partial charge is 0.433 e. The molecule has 0 N–H and O–H groups in total. The Hall–Kier alpha value is -2.83. The predicted octanol–water partition coefficient (Wildman–Crippen LogP) is 3.87. The van der Waals surface area contributed by atoms with Gasteiger partial charge >= 0.3 is 6.18 Å². The number of allylic oxidation sites excluding steroid dienone is 1. The highest BCUT2D eigenvalue weighted by Crippen LogP contribution is 2.29. The molecule has 0 amide bonds. The molecule has 0 spiro atoms. The quantitative estimate of drug-likeness (QED) is 0.456. The highest BCUT2D eigenvalue weighted by Gasteiger charge is 2.32. The summed E-state index contributed by atoms with van der Waals surface area (Å²) < 4.78 is 48.2. The van der Waals surface area contributed by atoms with Crippen LogP contribution < -0.4 is 4.74 Å². The fourth-order valence-electron chi connectivity index (χ4n) is 2.01. The van der Waals surface area contributed by atoms with E-state index in [2.05, 4.69) is 4.98 Å². The third-order valence-corrected chi connectivity index (χ3v) is 3.09. The van der Waals surface area contributed by atoms with Crippen LogP contribution in [0.1, 0.15) is 16.8 Å². The van der Waals surface area contributed by atoms with Gasteiger partial charge in [-0.1, -0.05) is 30.3 Å². The van der Waals surface area contributed by atoms with E-state index in [1.807, 2.05) is 0 Å². The summed E-state index contributed by atoms with van der Waals surface area (Å²) in [6.07, 6.45) is -2.62. The van der Waals surface area contributed by atoms with Crippen LogP contribution in [0, 0.1) is 0 Å². The lowest BCUT2D eigenvalue weighted by Crippen LogP contribution is -2.09. The molecule has 126 valence electrons. The number of carbonyl (C=O) groups is 1. The molecule has 7 heteroatoms. The normalized spacial score (nSPS) is 11.9.